The molecule has 8 heteroatoms. The lowest BCUT2D eigenvalue weighted by Crippen LogP contribution is -2.26. The van der Waals surface area contributed by atoms with Crippen LogP contribution in [0.5, 0.6) is 0 Å². The van der Waals surface area contributed by atoms with Crippen molar-refractivity contribution < 1.29 is 13.2 Å². The number of aryl methyl sites for hydroxylation is 1. The molecule has 0 spiro atoms. The van der Waals surface area contributed by atoms with Gasteiger partial charge in [-0.3, -0.25) is 4.79 Å². The van der Waals surface area contributed by atoms with Gasteiger partial charge in [-0.1, -0.05) is 18.2 Å². The summed E-state index contributed by atoms with van der Waals surface area (Å²) in [7, 11) is 1.31. The van der Waals surface area contributed by atoms with Gasteiger partial charge in [0.25, 0.3) is 5.91 Å². The molecule has 0 radical (unpaired) electrons. The molecule has 26 heavy (non-hydrogen) atoms. The Morgan fingerprint density at radius 2 is 1.88 bits per heavy atom. The topological polar surface area (TPSA) is 84.3 Å². The van der Waals surface area contributed by atoms with E-state index >= 15 is 0 Å². The molecule has 3 aromatic rings. The number of rotatable bonds is 5. The van der Waals surface area contributed by atoms with Gasteiger partial charge in [0.05, 0.1) is 22.5 Å². The van der Waals surface area contributed by atoms with Crippen LogP contribution in [0.25, 0.3) is 11.0 Å². The number of carbonyl (C=O) groups excluding carboxylic acids is 1. The number of aromatic nitrogens is 2. The number of imidazole rings is 1. The van der Waals surface area contributed by atoms with Crippen molar-refractivity contribution in [2.75, 3.05) is 14.1 Å². The lowest BCUT2D eigenvalue weighted by atomic mass is 10.2. The second-order valence-corrected chi connectivity index (χ2v) is 7.89. The number of nitrogens with one attached hydrogen (secondary N) is 1. The third kappa shape index (κ3) is 3.47. The average molecular weight is 372 g/mol. The number of sulfonamides is 1. The molecule has 0 aliphatic heterocycles. The van der Waals surface area contributed by atoms with Crippen molar-refractivity contribution in [2.24, 2.45) is 7.05 Å². The van der Waals surface area contributed by atoms with Crippen LogP contribution in [-0.2, 0) is 23.6 Å². The number of amides is 1. The molecule has 0 saturated heterocycles. The molecular weight excluding hydrogens is 352 g/mol. The fraction of sp³-hybridized carbons (Fsp3) is 0.222. The summed E-state index contributed by atoms with van der Waals surface area (Å²) in [6.07, 6.45) is 0. The van der Waals surface area contributed by atoms with Gasteiger partial charge >= 0.3 is 0 Å². The van der Waals surface area contributed by atoms with E-state index in [-0.39, 0.29) is 17.3 Å². The van der Waals surface area contributed by atoms with E-state index in [1.165, 1.54) is 17.0 Å². The zero-order valence-electron chi connectivity index (χ0n) is 14.8. The average Bonchev–Trinajstić information content (AvgIpc) is 2.96. The van der Waals surface area contributed by atoms with Crippen LogP contribution in [-0.4, -0.2) is 42.9 Å². The SMILES string of the molecule is CN(C)C(=O)c1cccc(S(=O)(=O)NCc2nc3ccccc3n2C)c1. The van der Waals surface area contributed by atoms with Crippen LogP contribution in [0, 0.1) is 0 Å². The molecule has 0 fully saturated rings. The summed E-state index contributed by atoms with van der Waals surface area (Å²) < 4.78 is 29.6. The summed E-state index contributed by atoms with van der Waals surface area (Å²) >= 11 is 0. The highest BCUT2D eigenvalue weighted by Crippen LogP contribution is 2.16. The molecule has 0 unspecified atom stereocenters. The van der Waals surface area contributed by atoms with E-state index in [4.69, 9.17) is 0 Å². The van der Waals surface area contributed by atoms with Crippen molar-refractivity contribution in [3.05, 3.63) is 59.9 Å². The predicted molar refractivity (Wildman–Crippen MR) is 99.2 cm³/mol. The van der Waals surface area contributed by atoms with Crippen LogP contribution in [0.1, 0.15) is 16.2 Å². The van der Waals surface area contributed by atoms with Gasteiger partial charge in [0.15, 0.2) is 0 Å². The Labute approximate surface area is 152 Å². The van der Waals surface area contributed by atoms with Gasteiger partial charge in [-0.25, -0.2) is 18.1 Å². The van der Waals surface area contributed by atoms with E-state index in [2.05, 4.69) is 9.71 Å². The van der Waals surface area contributed by atoms with Crippen molar-refractivity contribution in [1.82, 2.24) is 19.2 Å². The first kappa shape index (κ1) is 18.1. The summed E-state index contributed by atoms with van der Waals surface area (Å²) in [5, 5.41) is 0. The first-order valence-electron chi connectivity index (χ1n) is 8.01. The molecule has 136 valence electrons. The number of hydrogen-bond donors (Lipinski definition) is 1. The van der Waals surface area contributed by atoms with E-state index < -0.39 is 10.0 Å². The number of hydrogen-bond acceptors (Lipinski definition) is 4. The minimum atomic E-state index is -3.77. The van der Waals surface area contributed by atoms with Crippen LogP contribution >= 0.6 is 0 Å². The number of para-hydroxylation sites is 2. The van der Waals surface area contributed by atoms with Crippen molar-refractivity contribution in [3.8, 4) is 0 Å². The zero-order valence-corrected chi connectivity index (χ0v) is 15.6. The van der Waals surface area contributed by atoms with E-state index in [0.29, 0.717) is 11.4 Å². The monoisotopic (exact) mass is 372 g/mol. The van der Waals surface area contributed by atoms with E-state index in [9.17, 15) is 13.2 Å². The Kier molecular flexibility index (Phi) is 4.80. The maximum Gasteiger partial charge on any atom is 0.253 e. The smallest absolute Gasteiger partial charge is 0.253 e. The highest BCUT2D eigenvalue weighted by atomic mass is 32.2. The molecule has 7 nitrogen and oxygen atoms in total. The fourth-order valence-electron chi connectivity index (χ4n) is 2.65. The van der Waals surface area contributed by atoms with Crippen LogP contribution in [0.2, 0.25) is 0 Å². The molecule has 0 saturated carbocycles. The molecular formula is C18H20N4O3S. The number of nitrogens with zero attached hydrogens (tertiary/aromatic N) is 3. The molecule has 1 heterocycles. The standard InChI is InChI=1S/C18H20N4O3S/c1-21(2)18(23)13-7-6-8-14(11-13)26(24,25)19-12-17-20-15-9-4-5-10-16(15)22(17)3/h4-11,19H,12H2,1-3H3. The lowest BCUT2D eigenvalue weighted by molar-refractivity contribution is 0.0827. The van der Waals surface area contributed by atoms with Crippen LogP contribution in [0.15, 0.2) is 53.4 Å². The second-order valence-electron chi connectivity index (χ2n) is 6.13. The van der Waals surface area contributed by atoms with Gasteiger partial charge < -0.3 is 9.47 Å². The fourth-order valence-corrected chi connectivity index (χ4v) is 3.68. The number of carbonyl (C=O) groups is 1. The normalized spacial score (nSPS) is 11.7. The quantitative estimate of drug-likeness (QED) is 0.740. The van der Waals surface area contributed by atoms with Gasteiger partial charge in [0.1, 0.15) is 5.82 Å². The molecule has 2 aromatic carbocycles. The molecule has 0 bridgehead atoms. The Balaban J connectivity index is 1.84. The summed E-state index contributed by atoms with van der Waals surface area (Å²) in [6, 6.07) is 13.6. The first-order chi connectivity index (χ1) is 12.3. The number of benzene rings is 2. The predicted octanol–water partition coefficient (Wildman–Crippen LogP) is 1.75. The van der Waals surface area contributed by atoms with E-state index in [1.807, 2.05) is 35.9 Å². The Bertz CT molecular complexity index is 1070. The lowest BCUT2D eigenvalue weighted by Gasteiger charge is -2.12. The number of fused-ring (bicyclic) bond motifs is 1. The maximum absolute atomic E-state index is 12.6. The van der Waals surface area contributed by atoms with E-state index in [1.54, 1.807) is 26.2 Å². The van der Waals surface area contributed by atoms with Crippen LogP contribution in [0.3, 0.4) is 0 Å². The third-order valence-electron chi connectivity index (χ3n) is 4.10. The van der Waals surface area contributed by atoms with Crippen molar-refractivity contribution in [2.45, 2.75) is 11.4 Å². The summed E-state index contributed by atoms with van der Waals surface area (Å²) in [5.41, 5.74) is 2.06. The van der Waals surface area contributed by atoms with Gasteiger partial charge in [-0.15, -0.1) is 0 Å². The summed E-state index contributed by atoms with van der Waals surface area (Å²) in [5.74, 6) is 0.354. The van der Waals surface area contributed by atoms with Crippen molar-refractivity contribution in [1.29, 1.82) is 0 Å². The molecule has 1 aromatic heterocycles. The van der Waals surface area contributed by atoms with E-state index in [0.717, 1.165) is 11.0 Å². The van der Waals surface area contributed by atoms with Crippen LogP contribution in [0.4, 0.5) is 0 Å². The molecule has 0 atom stereocenters. The summed E-state index contributed by atoms with van der Waals surface area (Å²) in [4.78, 5) is 17.9. The largest absolute Gasteiger partial charge is 0.345 e. The summed E-state index contributed by atoms with van der Waals surface area (Å²) in [6.45, 7) is 0.0549. The zero-order chi connectivity index (χ0) is 18.9. The van der Waals surface area contributed by atoms with Crippen LogP contribution < -0.4 is 4.72 Å². The van der Waals surface area contributed by atoms with Gasteiger partial charge in [0, 0.05) is 26.7 Å². The minimum Gasteiger partial charge on any atom is -0.345 e. The first-order valence-corrected chi connectivity index (χ1v) is 9.49. The maximum atomic E-state index is 12.6. The molecule has 3 rings (SSSR count). The molecule has 1 N–H and O–H groups in total. The van der Waals surface area contributed by atoms with Gasteiger partial charge in [-0.05, 0) is 30.3 Å². The second kappa shape index (κ2) is 6.89. The Morgan fingerprint density at radius 3 is 2.58 bits per heavy atom. The van der Waals surface area contributed by atoms with Gasteiger partial charge in [0.2, 0.25) is 10.0 Å². The van der Waals surface area contributed by atoms with Gasteiger partial charge in [-0.2, -0.15) is 0 Å². The highest BCUT2D eigenvalue weighted by Gasteiger charge is 2.18. The molecule has 0 aliphatic rings. The third-order valence-corrected chi connectivity index (χ3v) is 5.50. The minimum absolute atomic E-state index is 0.0453. The highest BCUT2D eigenvalue weighted by molar-refractivity contribution is 7.89. The Morgan fingerprint density at radius 1 is 1.15 bits per heavy atom. The molecule has 1 amide bonds. The van der Waals surface area contributed by atoms with Crippen molar-refractivity contribution >= 4 is 27.0 Å². The molecule has 0 aliphatic carbocycles. The Hall–Kier alpha value is -2.71. The van der Waals surface area contributed by atoms with Crippen molar-refractivity contribution in [3.63, 3.8) is 0 Å².